The Kier molecular flexibility index (Phi) is 6.56. The van der Waals surface area contributed by atoms with Crippen molar-refractivity contribution in [3.63, 3.8) is 0 Å². The Morgan fingerprint density at radius 2 is 1.95 bits per heavy atom. The normalized spacial score (nSPS) is 21.9. The number of nitrogens with zero attached hydrogens (tertiary/aromatic N) is 1. The monoisotopic (exact) mass is 304 g/mol. The van der Waals surface area contributed by atoms with E-state index in [2.05, 4.69) is 49.2 Å². The van der Waals surface area contributed by atoms with E-state index < -0.39 is 0 Å². The van der Waals surface area contributed by atoms with Gasteiger partial charge >= 0.3 is 0 Å². The van der Waals surface area contributed by atoms with E-state index in [9.17, 15) is 0 Å². The smallest absolute Gasteiger partial charge is 0.142 e. The van der Waals surface area contributed by atoms with Crippen LogP contribution in [-0.2, 0) is 6.54 Å². The van der Waals surface area contributed by atoms with Crippen LogP contribution in [0, 0.1) is 11.8 Å². The Balaban J connectivity index is 2.05. The average Bonchev–Trinajstić information content (AvgIpc) is 2.50. The first kappa shape index (κ1) is 17.1. The van der Waals surface area contributed by atoms with Gasteiger partial charge in [-0.2, -0.15) is 0 Å². The van der Waals surface area contributed by atoms with Crippen LogP contribution in [0.4, 0.5) is 5.69 Å². The third-order valence-corrected chi connectivity index (χ3v) is 4.49. The zero-order valence-corrected chi connectivity index (χ0v) is 14.7. The van der Waals surface area contributed by atoms with E-state index >= 15 is 0 Å². The summed E-state index contributed by atoms with van der Waals surface area (Å²) in [5, 5.41) is 3.50. The molecule has 0 aliphatic carbocycles. The lowest BCUT2D eigenvalue weighted by Crippen LogP contribution is -2.38. The largest absolute Gasteiger partial charge is 0.495 e. The van der Waals surface area contributed by atoms with Crippen LogP contribution in [0.5, 0.6) is 5.75 Å². The molecule has 2 rings (SSSR count). The van der Waals surface area contributed by atoms with E-state index in [0.29, 0.717) is 0 Å². The lowest BCUT2D eigenvalue weighted by atomic mass is 9.91. The molecule has 0 radical (unpaired) electrons. The second-order valence-electron chi connectivity index (χ2n) is 6.89. The molecule has 1 aliphatic heterocycles. The second kappa shape index (κ2) is 8.42. The molecule has 1 N–H and O–H groups in total. The molecule has 0 amide bonds. The van der Waals surface area contributed by atoms with E-state index in [1.165, 1.54) is 30.5 Å². The fourth-order valence-electron chi connectivity index (χ4n) is 3.49. The minimum absolute atomic E-state index is 0.754. The number of anilines is 1. The summed E-state index contributed by atoms with van der Waals surface area (Å²) in [6.45, 7) is 11.2. The summed E-state index contributed by atoms with van der Waals surface area (Å²) in [7, 11) is 1.78. The van der Waals surface area contributed by atoms with Crippen molar-refractivity contribution in [3.05, 3.63) is 23.8 Å². The second-order valence-corrected chi connectivity index (χ2v) is 6.89. The van der Waals surface area contributed by atoms with Gasteiger partial charge in [0.05, 0.1) is 12.8 Å². The molecular formula is C19H32N2O. The Hall–Kier alpha value is -1.22. The highest BCUT2D eigenvalue weighted by Crippen LogP contribution is 2.33. The summed E-state index contributed by atoms with van der Waals surface area (Å²) in [5.41, 5.74) is 2.55. The first-order valence-electron chi connectivity index (χ1n) is 8.76. The SMILES string of the molecule is CCCCNCc1ccc(N2CC(C)CC(C)C2)c(OC)c1. The summed E-state index contributed by atoms with van der Waals surface area (Å²) in [6.07, 6.45) is 3.80. The van der Waals surface area contributed by atoms with Gasteiger partial charge in [0.25, 0.3) is 0 Å². The molecule has 3 nitrogen and oxygen atoms in total. The molecule has 1 heterocycles. The molecule has 1 fully saturated rings. The van der Waals surface area contributed by atoms with Crippen molar-refractivity contribution in [2.45, 2.75) is 46.6 Å². The first-order chi connectivity index (χ1) is 10.6. The molecule has 1 aromatic rings. The summed E-state index contributed by atoms with van der Waals surface area (Å²) >= 11 is 0. The zero-order valence-electron chi connectivity index (χ0n) is 14.7. The maximum absolute atomic E-state index is 5.67. The highest BCUT2D eigenvalue weighted by atomic mass is 16.5. The van der Waals surface area contributed by atoms with Gasteiger partial charge in [-0.05, 0) is 48.9 Å². The summed E-state index contributed by atoms with van der Waals surface area (Å²) in [6, 6.07) is 6.67. The number of nitrogens with one attached hydrogen (secondary N) is 1. The Labute approximate surface area is 136 Å². The molecule has 0 spiro atoms. The fourth-order valence-corrected chi connectivity index (χ4v) is 3.49. The molecule has 3 heteroatoms. The van der Waals surface area contributed by atoms with E-state index in [1.807, 2.05) is 0 Å². The van der Waals surface area contributed by atoms with Gasteiger partial charge in [0, 0.05) is 19.6 Å². The maximum Gasteiger partial charge on any atom is 0.142 e. The Morgan fingerprint density at radius 1 is 1.23 bits per heavy atom. The van der Waals surface area contributed by atoms with Crippen LogP contribution >= 0.6 is 0 Å². The molecule has 124 valence electrons. The topological polar surface area (TPSA) is 24.5 Å². The van der Waals surface area contributed by atoms with Crippen LogP contribution < -0.4 is 15.0 Å². The number of hydrogen-bond acceptors (Lipinski definition) is 3. The van der Waals surface area contributed by atoms with Crippen LogP contribution in [0.3, 0.4) is 0 Å². The Morgan fingerprint density at radius 3 is 2.59 bits per heavy atom. The van der Waals surface area contributed by atoms with Gasteiger partial charge in [0.15, 0.2) is 0 Å². The number of rotatable bonds is 7. The molecule has 2 unspecified atom stereocenters. The fraction of sp³-hybridized carbons (Fsp3) is 0.684. The van der Waals surface area contributed by atoms with Crippen molar-refractivity contribution in [1.29, 1.82) is 0 Å². The third kappa shape index (κ3) is 4.64. The summed E-state index contributed by atoms with van der Waals surface area (Å²) in [5.74, 6) is 2.52. The highest BCUT2D eigenvalue weighted by molar-refractivity contribution is 5.60. The first-order valence-corrected chi connectivity index (χ1v) is 8.76. The van der Waals surface area contributed by atoms with Gasteiger partial charge in [0.1, 0.15) is 5.75 Å². The van der Waals surface area contributed by atoms with Crippen molar-refractivity contribution in [2.24, 2.45) is 11.8 Å². The van der Waals surface area contributed by atoms with Gasteiger partial charge in [-0.3, -0.25) is 0 Å². The van der Waals surface area contributed by atoms with Gasteiger partial charge in [-0.1, -0.05) is 33.3 Å². The lowest BCUT2D eigenvalue weighted by Gasteiger charge is -2.37. The van der Waals surface area contributed by atoms with Crippen LogP contribution in [-0.4, -0.2) is 26.7 Å². The van der Waals surface area contributed by atoms with Gasteiger partial charge < -0.3 is 15.0 Å². The minimum atomic E-state index is 0.754. The molecule has 0 saturated carbocycles. The highest BCUT2D eigenvalue weighted by Gasteiger charge is 2.23. The molecular weight excluding hydrogens is 272 g/mol. The third-order valence-electron chi connectivity index (χ3n) is 4.49. The predicted octanol–water partition coefficient (Wildman–Crippen LogP) is 4.07. The zero-order chi connectivity index (χ0) is 15.9. The van der Waals surface area contributed by atoms with Gasteiger partial charge in [-0.15, -0.1) is 0 Å². The number of piperidine rings is 1. The number of unbranched alkanes of at least 4 members (excludes halogenated alkanes) is 1. The molecule has 1 aromatic carbocycles. The number of hydrogen-bond donors (Lipinski definition) is 1. The van der Waals surface area contributed by atoms with E-state index in [-0.39, 0.29) is 0 Å². The molecule has 2 atom stereocenters. The van der Waals surface area contributed by atoms with Gasteiger partial charge in [-0.25, -0.2) is 0 Å². The lowest BCUT2D eigenvalue weighted by molar-refractivity contribution is 0.351. The summed E-state index contributed by atoms with van der Waals surface area (Å²) < 4.78 is 5.67. The van der Waals surface area contributed by atoms with Gasteiger partial charge in [0.2, 0.25) is 0 Å². The quantitative estimate of drug-likeness (QED) is 0.769. The van der Waals surface area contributed by atoms with Crippen molar-refractivity contribution in [1.82, 2.24) is 5.32 Å². The van der Waals surface area contributed by atoms with Crippen LogP contribution in [0.15, 0.2) is 18.2 Å². The Bertz CT molecular complexity index is 451. The van der Waals surface area contributed by atoms with E-state index in [0.717, 1.165) is 43.8 Å². The number of methoxy groups -OCH3 is 1. The molecule has 22 heavy (non-hydrogen) atoms. The molecule has 0 aromatic heterocycles. The van der Waals surface area contributed by atoms with E-state index in [4.69, 9.17) is 4.74 Å². The van der Waals surface area contributed by atoms with Crippen molar-refractivity contribution in [3.8, 4) is 5.75 Å². The number of ether oxygens (including phenoxy) is 1. The van der Waals surface area contributed by atoms with Crippen LogP contribution in [0.25, 0.3) is 0 Å². The van der Waals surface area contributed by atoms with Crippen LogP contribution in [0.1, 0.15) is 45.6 Å². The molecule has 1 aliphatic rings. The van der Waals surface area contributed by atoms with Crippen molar-refractivity contribution < 1.29 is 4.74 Å². The molecule has 1 saturated heterocycles. The predicted molar refractivity (Wildman–Crippen MR) is 94.8 cm³/mol. The standard InChI is InChI=1S/C19H32N2O/c1-5-6-9-20-12-17-7-8-18(19(11-17)22-4)21-13-15(2)10-16(3)14-21/h7-8,11,15-16,20H,5-6,9-10,12-14H2,1-4H3. The summed E-state index contributed by atoms with van der Waals surface area (Å²) in [4.78, 5) is 2.49. The van der Waals surface area contributed by atoms with Crippen LogP contribution in [0.2, 0.25) is 0 Å². The van der Waals surface area contributed by atoms with Crippen molar-refractivity contribution in [2.75, 3.05) is 31.6 Å². The van der Waals surface area contributed by atoms with Crippen molar-refractivity contribution >= 4 is 5.69 Å². The minimum Gasteiger partial charge on any atom is -0.495 e. The number of benzene rings is 1. The molecule has 0 bridgehead atoms. The van der Waals surface area contributed by atoms with E-state index in [1.54, 1.807) is 7.11 Å². The maximum atomic E-state index is 5.67. The average molecular weight is 304 g/mol.